The first-order valence-corrected chi connectivity index (χ1v) is 4.55. The minimum atomic E-state index is 0.257. The summed E-state index contributed by atoms with van der Waals surface area (Å²) in [6.45, 7) is 0.817. The first-order chi connectivity index (χ1) is 5.81. The molecular weight excluding hydrogens is 220 g/mol. The fourth-order valence-electron chi connectivity index (χ4n) is 1.18. The molecule has 1 atom stereocenters. The SMILES string of the molecule is COc1cc(Br)ccc1C1CO1. The van der Waals surface area contributed by atoms with Gasteiger partial charge in [0.2, 0.25) is 0 Å². The summed E-state index contributed by atoms with van der Waals surface area (Å²) in [5.41, 5.74) is 1.14. The molecule has 0 N–H and O–H groups in total. The molecule has 0 bridgehead atoms. The van der Waals surface area contributed by atoms with E-state index in [4.69, 9.17) is 9.47 Å². The van der Waals surface area contributed by atoms with Crippen LogP contribution >= 0.6 is 15.9 Å². The van der Waals surface area contributed by atoms with Crippen molar-refractivity contribution < 1.29 is 9.47 Å². The molecule has 2 rings (SSSR count). The van der Waals surface area contributed by atoms with E-state index in [0.29, 0.717) is 0 Å². The molecule has 1 fully saturated rings. The molecule has 1 unspecified atom stereocenters. The van der Waals surface area contributed by atoms with E-state index in [0.717, 1.165) is 22.4 Å². The Balaban J connectivity index is 2.38. The fourth-order valence-corrected chi connectivity index (χ4v) is 1.52. The Morgan fingerprint density at radius 3 is 2.92 bits per heavy atom. The lowest BCUT2D eigenvalue weighted by Crippen LogP contribution is -1.89. The number of hydrogen-bond donors (Lipinski definition) is 0. The predicted octanol–water partition coefficient (Wildman–Crippen LogP) is 2.53. The maximum absolute atomic E-state index is 5.22. The number of benzene rings is 1. The molecule has 1 aliphatic rings. The lowest BCUT2D eigenvalue weighted by molar-refractivity contribution is 0.383. The molecule has 0 radical (unpaired) electrons. The molecule has 3 heteroatoms. The van der Waals surface area contributed by atoms with Gasteiger partial charge in [-0.1, -0.05) is 22.0 Å². The monoisotopic (exact) mass is 228 g/mol. The standard InChI is InChI=1S/C9H9BrO2/c1-11-8-4-6(10)2-3-7(8)9-5-12-9/h2-4,9H,5H2,1H3. The second kappa shape index (κ2) is 3.07. The van der Waals surface area contributed by atoms with Crippen molar-refractivity contribution in [2.24, 2.45) is 0 Å². The lowest BCUT2D eigenvalue weighted by Gasteiger charge is -2.05. The first kappa shape index (κ1) is 8.08. The van der Waals surface area contributed by atoms with Crippen molar-refractivity contribution in [1.82, 2.24) is 0 Å². The van der Waals surface area contributed by atoms with Gasteiger partial charge in [0, 0.05) is 10.0 Å². The van der Waals surface area contributed by atoms with Crippen LogP contribution in [0.1, 0.15) is 11.7 Å². The normalized spacial score (nSPS) is 20.7. The Kier molecular flexibility index (Phi) is 2.07. The minimum absolute atomic E-state index is 0.257. The van der Waals surface area contributed by atoms with E-state index in [-0.39, 0.29) is 6.10 Å². The van der Waals surface area contributed by atoms with Crippen LogP contribution in [-0.2, 0) is 4.74 Å². The summed E-state index contributed by atoms with van der Waals surface area (Å²) < 4.78 is 11.4. The van der Waals surface area contributed by atoms with Gasteiger partial charge >= 0.3 is 0 Å². The molecule has 1 aromatic rings. The van der Waals surface area contributed by atoms with E-state index in [1.165, 1.54) is 0 Å². The number of hydrogen-bond acceptors (Lipinski definition) is 2. The zero-order chi connectivity index (χ0) is 8.55. The highest BCUT2D eigenvalue weighted by atomic mass is 79.9. The fraction of sp³-hybridized carbons (Fsp3) is 0.333. The molecule has 1 aromatic carbocycles. The quantitative estimate of drug-likeness (QED) is 0.727. The van der Waals surface area contributed by atoms with Crippen LogP contribution in [0, 0.1) is 0 Å². The number of halogens is 1. The molecule has 0 amide bonds. The van der Waals surface area contributed by atoms with Crippen molar-refractivity contribution in [3.63, 3.8) is 0 Å². The van der Waals surface area contributed by atoms with Gasteiger partial charge in [0.15, 0.2) is 0 Å². The van der Waals surface area contributed by atoms with Gasteiger partial charge in [-0.15, -0.1) is 0 Å². The molecule has 0 saturated carbocycles. The summed E-state index contributed by atoms with van der Waals surface area (Å²) in [4.78, 5) is 0. The highest BCUT2D eigenvalue weighted by Gasteiger charge is 2.27. The summed E-state index contributed by atoms with van der Waals surface area (Å²) in [5.74, 6) is 0.895. The van der Waals surface area contributed by atoms with Crippen LogP contribution in [0.2, 0.25) is 0 Å². The van der Waals surface area contributed by atoms with Crippen LogP contribution in [0.15, 0.2) is 22.7 Å². The Morgan fingerprint density at radius 2 is 2.33 bits per heavy atom. The van der Waals surface area contributed by atoms with E-state index in [1.807, 2.05) is 18.2 Å². The number of epoxide rings is 1. The third kappa shape index (κ3) is 1.47. The Bertz CT molecular complexity index is 295. The van der Waals surface area contributed by atoms with Crippen LogP contribution in [0.4, 0.5) is 0 Å². The van der Waals surface area contributed by atoms with Crippen molar-refractivity contribution in [2.75, 3.05) is 13.7 Å². The summed E-state index contributed by atoms with van der Waals surface area (Å²) in [6, 6.07) is 5.98. The van der Waals surface area contributed by atoms with Crippen LogP contribution in [0.25, 0.3) is 0 Å². The second-order valence-corrected chi connectivity index (χ2v) is 3.62. The van der Waals surface area contributed by atoms with Gasteiger partial charge < -0.3 is 9.47 Å². The highest BCUT2D eigenvalue weighted by molar-refractivity contribution is 9.10. The first-order valence-electron chi connectivity index (χ1n) is 3.76. The summed E-state index contributed by atoms with van der Waals surface area (Å²) in [6.07, 6.45) is 0.257. The van der Waals surface area contributed by atoms with Crippen LogP contribution in [-0.4, -0.2) is 13.7 Å². The van der Waals surface area contributed by atoms with E-state index in [9.17, 15) is 0 Å². The molecule has 1 heterocycles. The molecule has 0 aliphatic carbocycles. The molecule has 1 aliphatic heterocycles. The summed E-state index contributed by atoms with van der Waals surface area (Å²) in [7, 11) is 1.67. The molecule has 2 nitrogen and oxygen atoms in total. The minimum Gasteiger partial charge on any atom is -0.496 e. The summed E-state index contributed by atoms with van der Waals surface area (Å²) in [5, 5.41) is 0. The smallest absolute Gasteiger partial charge is 0.125 e. The molecule has 64 valence electrons. The van der Waals surface area contributed by atoms with Crippen molar-refractivity contribution in [3.05, 3.63) is 28.2 Å². The Hall–Kier alpha value is -0.540. The van der Waals surface area contributed by atoms with Crippen LogP contribution in [0.3, 0.4) is 0 Å². The summed E-state index contributed by atoms with van der Waals surface area (Å²) >= 11 is 3.39. The van der Waals surface area contributed by atoms with Crippen molar-refractivity contribution >= 4 is 15.9 Å². The molecular formula is C9H9BrO2. The van der Waals surface area contributed by atoms with Gasteiger partial charge in [-0.25, -0.2) is 0 Å². The molecule has 0 spiro atoms. The van der Waals surface area contributed by atoms with Gasteiger partial charge in [-0.3, -0.25) is 0 Å². The van der Waals surface area contributed by atoms with Crippen LogP contribution in [0.5, 0.6) is 5.75 Å². The van der Waals surface area contributed by atoms with Crippen molar-refractivity contribution in [1.29, 1.82) is 0 Å². The third-order valence-corrected chi connectivity index (χ3v) is 2.37. The average Bonchev–Trinajstić information content (AvgIpc) is 2.87. The van der Waals surface area contributed by atoms with Gasteiger partial charge in [0.1, 0.15) is 11.9 Å². The average molecular weight is 229 g/mol. The van der Waals surface area contributed by atoms with Crippen LogP contribution < -0.4 is 4.74 Å². The van der Waals surface area contributed by atoms with E-state index in [2.05, 4.69) is 15.9 Å². The molecule has 12 heavy (non-hydrogen) atoms. The Morgan fingerprint density at radius 1 is 1.58 bits per heavy atom. The number of methoxy groups -OCH3 is 1. The zero-order valence-corrected chi connectivity index (χ0v) is 8.30. The van der Waals surface area contributed by atoms with Crippen molar-refractivity contribution in [3.8, 4) is 5.75 Å². The zero-order valence-electron chi connectivity index (χ0n) is 6.71. The van der Waals surface area contributed by atoms with Gasteiger partial charge in [0.25, 0.3) is 0 Å². The molecule has 0 aromatic heterocycles. The number of ether oxygens (including phenoxy) is 2. The Labute approximate surface area is 79.6 Å². The third-order valence-electron chi connectivity index (χ3n) is 1.88. The highest BCUT2D eigenvalue weighted by Crippen LogP contribution is 2.37. The number of rotatable bonds is 2. The van der Waals surface area contributed by atoms with E-state index < -0.39 is 0 Å². The maximum Gasteiger partial charge on any atom is 0.125 e. The van der Waals surface area contributed by atoms with Gasteiger partial charge in [0.05, 0.1) is 13.7 Å². The lowest BCUT2D eigenvalue weighted by atomic mass is 10.1. The van der Waals surface area contributed by atoms with Crippen molar-refractivity contribution in [2.45, 2.75) is 6.10 Å². The van der Waals surface area contributed by atoms with E-state index in [1.54, 1.807) is 7.11 Å². The topological polar surface area (TPSA) is 21.8 Å². The molecule has 1 saturated heterocycles. The van der Waals surface area contributed by atoms with Gasteiger partial charge in [-0.2, -0.15) is 0 Å². The van der Waals surface area contributed by atoms with E-state index >= 15 is 0 Å². The maximum atomic E-state index is 5.22. The largest absolute Gasteiger partial charge is 0.496 e. The predicted molar refractivity (Wildman–Crippen MR) is 49.4 cm³/mol. The van der Waals surface area contributed by atoms with Gasteiger partial charge in [-0.05, 0) is 12.1 Å². The second-order valence-electron chi connectivity index (χ2n) is 2.71.